The Morgan fingerprint density at radius 3 is 2.58 bits per heavy atom. The molecule has 2 unspecified atom stereocenters. The fourth-order valence-corrected chi connectivity index (χ4v) is 2.65. The van der Waals surface area contributed by atoms with E-state index in [0.717, 1.165) is 30.7 Å². The number of nitrogens with two attached hydrogens (primary N) is 2. The molecule has 1 aliphatic rings. The molecule has 0 bridgehead atoms. The molecule has 1 rings (SSSR count). The van der Waals surface area contributed by atoms with Gasteiger partial charge in [0.05, 0.1) is 5.70 Å². The minimum absolute atomic E-state index is 0.0510. The van der Waals surface area contributed by atoms with Gasteiger partial charge in [-0.1, -0.05) is 19.4 Å². The molecule has 0 spiro atoms. The van der Waals surface area contributed by atoms with Crippen molar-refractivity contribution >= 4 is 6.09 Å². The minimum Gasteiger partial charge on any atom is -0.444 e. The lowest BCUT2D eigenvalue weighted by Crippen LogP contribution is -2.39. The van der Waals surface area contributed by atoms with E-state index in [4.69, 9.17) is 16.3 Å². The molecule has 0 saturated carbocycles. The fourth-order valence-electron chi connectivity index (χ4n) is 2.65. The normalized spacial score (nSPS) is 19.0. The van der Waals surface area contributed by atoms with Crippen molar-refractivity contribution in [2.75, 3.05) is 0 Å². The molecule has 24 heavy (non-hydrogen) atoms. The van der Waals surface area contributed by atoms with Gasteiger partial charge in [-0.3, -0.25) is 5.01 Å². The van der Waals surface area contributed by atoms with E-state index in [9.17, 15) is 4.79 Å². The largest absolute Gasteiger partial charge is 0.444 e. The lowest BCUT2D eigenvalue weighted by Gasteiger charge is -2.27. The quantitative estimate of drug-likeness (QED) is 0.648. The number of amides is 1. The highest BCUT2D eigenvalue weighted by molar-refractivity contribution is 5.68. The van der Waals surface area contributed by atoms with Gasteiger partial charge in [-0.15, -0.1) is 0 Å². The number of carbonyl (C=O) groups is 1. The Labute approximate surface area is 145 Å². The van der Waals surface area contributed by atoms with Crippen molar-refractivity contribution in [1.29, 1.82) is 0 Å². The molecule has 1 amide bonds. The molecule has 0 fully saturated rings. The summed E-state index contributed by atoms with van der Waals surface area (Å²) in [5.41, 5.74) is 7.43. The summed E-state index contributed by atoms with van der Waals surface area (Å²) in [4.78, 5) is 11.9. The lowest BCUT2D eigenvalue weighted by atomic mass is 9.91. The van der Waals surface area contributed by atoms with Crippen LogP contribution in [0.15, 0.2) is 35.8 Å². The van der Waals surface area contributed by atoms with E-state index >= 15 is 0 Å². The Bertz CT molecular complexity index is 518. The zero-order valence-corrected chi connectivity index (χ0v) is 15.5. The summed E-state index contributed by atoms with van der Waals surface area (Å²) in [6, 6.07) is -0.0510. The molecule has 0 saturated heterocycles. The van der Waals surface area contributed by atoms with Crippen molar-refractivity contribution in [3.63, 3.8) is 0 Å². The van der Waals surface area contributed by atoms with E-state index in [0.29, 0.717) is 0 Å². The Hall–Kier alpha value is -1.95. The molecule has 0 radical (unpaired) electrons. The maximum absolute atomic E-state index is 11.9. The van der Waals surface area contributed by atoms with Crippen LogP contribution in [0.3, 0.4) is 0 Å². The van der Waals surface area contributed by atoms with Gasteiger partial charge in [-0.25, -0.2) is 10.6 Å². The van der Waals surface area contributed by atoms with Crippen LogP contribution in [0.2, 0.25) is 0 Å². The van der Waals surface area contributed by atoms with Crippen LogP contribution in [-0.4, -0.2) is 22.7 Å². The van der Waals surface area contributed by atoms with Gasteiger partial charge in [0.15, 0.2) is 0 Å². The van der Waals surface area contributed by atoms with Gasteiger partial charge in [-0.2, -0.15) is 0 Å². The van der Waals surface area contributed by atoms with E-state index in [1.165, 1.54) is 5.01 Å². The molecule has 1 aliphatic heterocycles. The van der Waals surface area contributed by atoms with Gasteiger partial charge in [0.25, 0.3) is 0 Å². The number of hydrogen-bond donors (Lipinski definition) is 3. The number of allylic oxidation sites excluding steroid dienone is 4. The average Bonchev–Trinajstić information content (AvgIpc) is 2.44. The van der Waals surface area contributed by atoms with Crippen LogP contribution in [0.5, 0.6) is 0 Å². The molecule has 136 valence electrons. The number of hydrazine groups is 1. The van der Waals surface area contributed by atoms with Crippen molar-refractivity contribution in [3.05, 3.63) is 35.8 Å². The standard InChI is InChI=1S/C18H32N4O2/c1-6-9-14(16(19)15-10-7-8-11-22(15)20)12-13(2)21-17(23)24-18(3,4)5/h7-8,10-11,13-14H,6,9,12,19-20H2,1-5H3,(H,21,23)/b16-15-. The molecule has 6 nitrogen and oxygen atoms in total. The Morgan fingerprint density at radius 1 is 1.38 bits per heavy atom. The van der Waals surface area contributed by atoms with E-state index in [-0.39, 0.29) is 12.0 Å². The highest BCUT2D eigenvalue weighted by atomic mass is 16.6. The fraction of sp³-hybridized carbons (Fsp3) is 0.611. The molecular weight excluding hydrogens is 304 g/mol. The number of carbonyl (C=O) groups excluding carboxylic acids is 1. The van der Waals surface area contributed by atoms with Crippen LogP contribution in [0, 0.1) is 5.92 Å². The molecule has 0 aromatic rings. The van der Waals surface area contributed by atoms with E-state index in [1.54, 1.807) is 6.20 Å². The first-order valence-electron chi connectivity index (χ1n) is 8.52. The summed E-state index contributed by atoms with van der Waals surface area (Å²) < 4.78 is 5.30. The summed E-state index contributed by atoms with van der Waals surface area (Å²) >= 11 is 0. The van der Waals surface area contributed by atoms with Crippen molar-refractivity contribution in [2.45, 2.75) is 65.5 Å². The SMILES string of the molecule is CCCC(CC(C)NC(=O)OC(C)(C)C)/C(N)=C1\C=CC=CN1N. The highest BCUT2D eigenvalue weighted by Gasteiger charge is 2.22. The highest BCUT2D eigenvalue weighted by Crippen LogP contribution is 2.24. The molecular formula is C18H32N4O2. The van der Waals surface area contributed by atoms with Crippen molar-refractivity contribution < 1.29 is 9.53 Å². The number of rotatable bonds is 6. The zero-order chi connectivity index (χ0) is 18.3. The van der Waals surface area contributed by atoms with Crippen LogP contribution >= 0.6 is 0 Å². The van der Waals surface area contributed by atoms with Gasteiger partial charge in [0.1, 0.15) is 5.60 Å². The van der Waals surface area contributed by atoms with E-state index in [1.807, 2.05) is 45.9 Å². The summed E-state index contributed by atoms with van der Waals surface area (Å²) in [6.07, 6.45) is 9.71. The summed E-state index contributed by atoms with van der Waals surface area (Å²) in [5.74, 6) is 6.10. The van der Waals surface area contributed by atoms with Crippen LogP contribution in [0.25, 0.3) is 0 Å². The van der Waals surface area contributed by atoms with Crippen molar-refractivity contribution in [1.82, 2.24) is 10.3 Å². The van der Waals surface area contributed by atoms with E-state index in [2.05, 4.69) is 12.2 Å². The number of hydrogen-bond acceptors (Lipinski definition) is 5. The van der Waals surface area contributed by atoms with Gasteiger partial charge >= 0.3 is 6.09 Å². The van der Waals surface area contributed by atoms with Crippen LogP contribution in [0.4, 0.5) is 4.79 Å². The maximum Gasteiger partial charge on any atom is 0.407 e. The topological polar surface area (TPSA) is 93.6 Å². The van der Waals surface area contributed by atoms with Crippen LogP contribution in [0.1, 0.15) is 53.9 Å². The number of ether oxygens (including phenoxy) is 1. The van der Waals surface area contributed by atoms with Crippen LogP contribution < -0.4 is 16.9 Å². The average molecular weight is 336 g/mol. The third-order valence-corrected chi connectivity index (χ3v) is 3.66. The Kier molecular flexibility index (Phi) is 7.35. The molecule has 6 heteroatoms. The lowest BCUT2D eigenvalue weighted by molar-refractivity contribution is 0.0503. The smallest absolute Gasteiger partial charge is 0.407 e. The first-order chi connectivity index (χ1) is 11.1. The third-order valence-electron chi connectivity index (χ3n) is 3.66. The molecule has 2 atom stereocenters. The second kappa shape index (κ2) is 8.78. The van der Waals surface area contributed by atoms with Crippen molar-refractivity contribution in [3.8, 4) is 0 Å². The maximum atomic E-state index is 11.9. The number of nitrogens with one attached hydrogen (secondary N) is 1. The summed E-state index contributed by atoms with van der Waals surface area (Å²) in [6.45, 7) is 9.62. The van der Waals surface area contributed by atoms with Crippen LogP contribution in [-0.2, 0) is 4.74 Å². The predicted octanol–water partition coefficient (Wildman–Crippen LogP) is 3.14. The van der Waals surface area contributed by atoms with Gasteiger partial charge in [-0.05, 0) is 52.7 Å². The van der Waals surface area contributed by atoms with Gasteiger partial charge < -0.3 is 15.8 Å². The molecule has 5 N–H and O–H groups in total. The number of nitrogens with zero attached hydrogens (tertiary/aromatic N) is 1. The van der Waals surface area contributed by atoms with Crippen molar-refractivity contribution in [2.24, 2.45) is 17.5 Å². The molecule has 0 aromatic carbocycles. The van der Waals surface area contributed by atoms with Gasteiger partial charge in [0.2, 0.25) is 0 Å². The summed E-state index contributed by atoms with van der Waals surface area (Å²) in [5, 5.41) is 4.41. The monoisotopic (exact) mass is 336 g/mol. The Morgan fingerprint density at radius 2 is 2.04 bits per heavy atom. The second-order valence-electron chi connectivity index (χ2n) is 7.22. The third kappa shape index (κ3) is 6.66. The summed E-state index contributed by atoms with van der Waals surface area (Å²) in [7, 11) is 0. The molecule has 0 aromatic heterocycles. The molecule has 0 aliphatic carbocycles. The van der Waals surface area contributed by atoms with E-state index < -0.39 is 11.7 Å². The zero-order valence-electron chi connectivity index (χ0n) is 15.5. The number of alkyl carbamates (subject to hydrolysis) is 1. The minimum atomic E-state index is -0.507. The second-order valence-corrected chi connectivity index (χ2v) is 7.22. The predicted molar refractivity (Wildman–Crippen MR) is 97.4 cm³/mol. The first kappa shape index (κ1) is 20.1. The Balaban J connectivity index is 2.75. The molecule has 1 heterocycles. The van der Waals surface area contributed by atoms with Gasteiger partial charge in [0, 0.05) is 23.9 Å². The first-order valence-corrected chi connectivity index (χ1v) is 8.52.